The van der Waals surface area contributed by atoms with Crippen LogP contribution in [-0.4, -0.2) is 61.6 Å². The van der Waals surface area contributed by atoms with Gasteiger partial charge in [-0.1, -0.05) is 0 Å². The second kappa shape index (κ2) is 6.55. The molecule has 2 aliphatic rings. The fourth-order valence-corrected chi connectivity index (χ4v) is 4.14. The molecule has 2 saturated heterocycles. The minimum absolute atomic E-state index is 0.00756. The molecular formula is C18H24N6O. The number of rotatable bonds is 3. The number of amides is 1. The van der Waals surface area contributed by atoms with Crippen LogP contribution in [0.1, 0.15) is 35.3 Å². The number of aryl methyl sites for hydroxylation is 1. The summed E-state index contributed by atoms with van der Waals surface area (Å²) in [4.78, 5) is 25.1. The summed E-state index contributed by atoms with van der Waals surface area (Å²) in [7, 11) is 1.96. The van der Waals surface area contributed by atoms with Crippen molar-refractivity contribution in [2.24, 2.45) is 12.5 Å². The fraction of sp³-hybridized carbons (Fsp3) is 0.556. The Labute approximate surface area is 147 Å². The number of carbonyl (C=O) groups is 1. The van der Waals surface area contributed by atoms with Crippen molar-refractivity contribution in [1.82, 2.24) is 29.5 Å². The molecule has 7 nitrogen and oxygen atoms in total. The van der Waals surface area contributed by atoms with E-state index in [1.54, 1.807) is 18.6 Å². The Balaban J connectivity index is 1.33. The number of hydrogen-bond acceptors (Lipinski definition) is 5. The molecule has 2 aromatic heterocycles. The van der Waals surface area contributed by atoms with Gasteiger partial charge in [-0.3, -0.25) is 19.4 Å². The van der Waals surface area contributed by atoms with E-state index in [9.17, 15) is 4.79 Å². The quantitative estimate of drug-likeness (QED) is 0.843. The van der Waals surface area contributed by atoms with Crippen molar-refractivity contribution in [2.75, 3.05) is 26.2 Å². The Morgan fingerprint density at radius 1 is 1.16 bits per heavy atom. The molecule has 25 heavy (non-hydrogen) atoms. The number of nitrogens with zero attached hydrogens (tertiary/aromatic N) is 6. The predicted molar refractivity (Wildman–Crippen MR) is 92.7 cm³/mol. The molecule has 0 bridgehead atoms. The molecule has 2 fully saturated rings. The molecule has 4 heterocycles. The summed E-state index contributed by atoms with van der Waals surface area (Å²) in [6.45, 7) is 4.85. The summed E-state index contributed by atoms with van der Waals surface area (Å²) in [6, 6.07) is 0. The Hall–Kier alpha value is -2.28. The highest BCUT2D eigenvalue weighted by molar-refractivity contribution is 5.92. The van der Waals surface area contributed by atoms with Crippen LogP contribution in [0, 0.1) is 5.41 Å². The lowest BCUT2D eigenvalue weighted by Gasteiger charge is -2.39. The minimum atomic E-state index is 0.00756. The molecule has 0 aliphatic carbocycles. The molecule has 4 rings (SSSR count). The molecule has 2 aliphatic heterocycles. The van der Waals surface area contributed by atoms with Gasteiger partial charge in [-0.2, -0.15) is 5.10 Å². The van der Waals surface area contributed by atoms with Crippen LogP contribution in [0.5, 0.6) is 0 Å². The maximum atomic E-state index is 12.5. The molecule has 132 valence electrons. The van der Waals surface area contributed by atoms with Crippen molar-refractivity contribution >= 4 is 5.91 Å². The first-order chi connectivity index (χ1) is 12.1. The third kappa shape index (κ3) is 3.42. The minimum Gasteiger partial charge on any atom is -0.337 e. The van der Waals surface area contributed by atoms with Crippen molar-refractivity contribution in [2.45, 2.75) is 25.8 Å². The van der Waals surface area contributed by atoms with E-state index in [0.717, 1.165) is 45.6 Å². The Kier molecular flexibility index (Phi) is 4.25. The van der Waals surface area contributed by atoms with Crippen molar-refractivity contribution in [3.05, 3.63) is 42.2 Å². The Bertz CT molecular complexity index is 735. The molecule has 1 amide bonds. The molecular weight excluding hydrogens is 316 g/mol. The standard InChI is InChI=1S/C18H24N6O/c1-22-12-15(10-21-22)13-23-7-2-18(14-23)3-8-24(9-4-18)17(25)16-11-19-5-6-20-16/h5-6,10-12H,2-4,7-9,13-14H2,1H3. The molecule has 0 radical (unpaired) electrons. The van der Waals surface area contributed by atoms with E-state index < -0.39 is 0 Å². The van der Waals surface area contributed by atoms with E-state index in [1.807, 2.05) is 22.8 Å². The SMILES string of the molecule is Cn1cc(CN2CCC3(CCN(C(=O)c4cnccn4)CC3)C2)cn1. The van der Waals surface area contributed by atoms with Gasteiger partial charge in [0.15, 0.2) is 0 Å². The van der Waals surface area contributed by atoms with Crippen LogP contribution in [0.15, 0.2) is 31.0 Å². The van der Waals surface area contributed by atoms with Crippen LogP contribution in [0.3, 0.4) is 0 Å². The van der Waals surface area contributed by atoms with Gasteiger partial charge in [0.2, 0.25) is 0 Å². The first-order valence-corrected chi connectivity index (χ1v) is 8.89. The number of carbonyl (C=O) groups excluding carboxylic acids is 1. The lowest BCUT2D eigenvalue weighted by atomic mass is 9.77. The number of hydrogen-bond donors (Lipinski definition) is 0. The van der Waals surface area contributed by atoms with Crippen LogP contribution >= 0.6 is 0 Å². The van der Waals surface area contributed by atoms with E-state index >= 15 is 0 Å². The summed E-state index contributed by atoms with van der Waals surface area (Å²) in [5.41, 5.74) is 2.08. The summed E-state index contributed by atoms with van der Waals surface area (Å²) in [5, 5.41) is 4.26. The van der Waals surface area contributed by atoms with E-state index in [2.05, 4.69) is 26.2 Å². The topological polar surface area (TPSA) is 67.2 Å². The molecule has 0 saturated carbocycles. The molecule has 0 atom stereocenters. The van der Waals surface area contributed by atoms with Gasteiger partial charge in [-0.15, -0.1) is 0 Å². The van der Waals surface area contributed by atoms with Gasteiger partial charge >= 0.3 is 0 Å². The largest absolute Gasteiger partial charge is 0.337 e. The molecule has 0 N–H and O–H groups in total. The maximum Gasteiger partial charge on any atom is 0.274 e. The third-order valence-electron chi connectivity index (χ3n) is 5.58. The predicted octanol–water partition coefficient (Wildman–Crippen LogP) is 1.34. The summed E-state index contributed by atoms with van der Waals surface area (Å²) >= 11 is 0. The number of likely N-dealkylation sites (tertiary alicyclic amines) is 2. The zero-order valence-corrected chi connectivity index (χ0v) is 14.6. The zero-order chi connectivity index (χ0) is 17.3. The monoisotopic (exact) mass is 340 g/mol. The van der Waals surface area contributed by atoms with Crippen LogP contribution in [0.2, 0.25) is 0 Å². The van der Waals surface area contributed by atoms with Crippen molar-refractivity contribution in [3.8, 4) is 0 Å². The van der Waals surface area contributed by atoms with Crippen molar-refractivity contribution in [1.29, 1.82) is 0 Å². The first-order valence-electron chi connectivity index (χ1n) is 8.89. The highest BCUT2D eigenvalue weighted by atomic mass is 16.2. The second-order valence-electron chi connectivity index (χ2n) is 7.37. The van der Waals surface area contributed by atoms with E-state index in [4.69, 9.17) is 0 Å². The van der Waals surface area contributed by atoms with Gasteiger partial charge in [-0.25, -0.2) is 4.98 Å². The molecule has 0 unspecified atom stereocenters. The highest BCUT2D eigenvalue weighted by Crippen LogP contribution is 2.40. The summed E-state index contributed by atoms with van der Waals surface area (Å²) in [5.74, 6) is 0.00756. The average Bonchev–Trinajstić information content (AvgIpc) is 3.22. The summed E-state index contributed by atoms with van der Waals surface area (Å²) < 4.78 is 1.86. The maximum absolute atomic E-state index is 12.5. The van der Waals surface area contributed by atoms with Gasteiger partial charge in [0.25, 0.3) is 5.91 Å². The summed E-state index contributed by atoms with van der Waals surface area (Å²) in [6.07, 6.45) is 12.1. The van der Waals surface area contributed by atoms with Gasteiger partial charge < -0.3 is 4.90 Å². The van der Waals surface area contributed by atoms with Crippen LogP contribution in [-0.2, 0) is 13.6 Å². The molecule has 7 heteroatoms. The van der Waals surface area contributed by atoms with Crippen LogP contribution in [0.4, 0.5) is 0 Å². The van der Waals surface area contributed by atoms with Gasteiger partial charge in [0.05, 0.1) is 12.4 Å². The Morgan fingerprint density at radius 3 is 2.64 bits per heavy atom. The van der Waals surface area contributed by atoms with Gasteiger partial charge in [0, 0.05) is 57.4 Å². The van der Waals surface area contributed by atoms with Crippen molar-refractivity contribution in [3.63, 3.8) is 0 Å². The normalized spacial score (nSPS) is 20.3. The first kappa shape index (κ1) is 16.2. The number of piperidine rings is 1. The molecule has 1 spiro atoms. The van der Waals surface area contributed by atoms with E-state index in [0.29, 0.717) is 11.1 Å². The second-order valence-corrected chi connectivity index (χ2v) is 7.37. The highest BCUT2D eigenvalue weighted by Gasteiger charge is 2.41. The zero-order valence-electron chi connectivity index (χ0n) is 14.6. The van der Waals surface area contributed by atoms with E-state index in [-0.39, 0.29) is 5.91 Å². The lowest BCUT2D eigenvalue weighted by Crippen LogP contribution is -2.44. The van der Waals surface area contributed by atoms with Gasteiger partial charge in [0.1, 0.15) is 5.69 Å². The van der Waals surface area contributed by atoms with Crippen molar-refractivity contribution < 1.29 is 4.79 Å². The number of aromatic nitrogens is 4. The molecule has 2 aromatic rings. The van der Waals surface area contributed by atoms with Gasteiger partial charge in [-0.05, 0) is 31.2 Å². The van der Waals surface area contributed by atoms with Crippen LogP contribution < -0.4 is 0 Å². The third-order valence-corrected chi connectivity index (χ3v) is 5.58. The van der Waals surface area contributed by atoms with E-state index in [1.165, 1.54) is 12.0 Å². The lowest BCUT2D eigenvalue weighted by molar-refractivity contribution is 0.0582. The molecule has 0 aromatic carbocycles. The smallest absolute Gasteiger partial charge is 0.274 e. The Morgan fingerprint density at radius 2 is 1.96 bits per heavy atom. The fourth-order valence-electron chi connectivity index (χ4n) is 4.14. The average molecular weight is 340 g/mol. The van der Waals surface area contributed by atoms with Crippen LogP contribution in [0.25, 0.3) is 0 Å².